The molecular formula is C11H11NO3S. The van der Waals surface area contributed by atoms with Gasteiger partial charge < -0.3 is 9.52 Å². The van der Waals surface area contributed by atoms with Crippen LogP contribution in [0.5, 0.6) is 0 Å². The Morgan fingerprint density at radius 1 is 1.62 bits per heavy atom. The second-order valence-corrected chi connectivity index (χ2v) is 4.90. The third-order valence-electron chi connectivity index (χ3n) is 2.12. The molecule has 4 nitrogen and oxygen atoms in total. The van der Waals surface area contributed by atoms with E-state index in [1.165, 1.54) is 11.8 Å². The lowest BCUT2D eigenvalue weighted by Gasteiger charge is -2.07. The molecule has 0 radical (unpaired) electrons. The zero-order valence-corrected chi connectivity index (χ0v) is 9.53. The van der Waals surface area contributed by atoms with Gasteiger partial charge in [-0.3, -0.25) is 4.79 Å². The number of furan rings is 1. The van der Waals surface area contributed by atoms with E-state index < -0.39 is 5.97 Å². The van der Waals surface area contributed by atoms with E-state index in [9.17, 15) is 4.79 Å². The number of nitrogens with zero attached hydrogens (tertiary/aromatic N) is 1. The Balaban J connectivity index is 2.20. The van der Waals surface area contributed by atoms with Crippen LogP contribution < -0.4 is 0 Å². The molecule has 0 aliphatic carbocycles. The number of hydrogen-bond acceptors (Lipinski definition) is 4. The molecule has 16 heavy (non-hydrogen) atoms. The minimum absolute atomic E-state index is 0.00880. The molecule has 0 aliphatic rings. The Bertz CT molecular complexity index is 509. The van der Waals surface area contributed by atoms with E-state index in [-0.39, 0.29) is 11.7 Å². The van der Waals surface area contributed by atoms with Crippen molar-refractivity contribution in [2.24, 2.45) is 0 Å². The van der Waals surface area contributed by atoms with Crippen LogP contribution in [0.1, 0.15) is 13.3 Å². The van der Waals surface area contributed by atoms with Crippen LogP contribution in [0.15, 0.2) is 34.0 Å². The van der Waals surface area contributed by atoms with Gasteiger partial charge in [-0.05, 0) is 12.1 Å². The minimum Gasteiger partial charge on any atom is -0.481 e. The summed E-state index contributed by atoms with van der Waals surface area (Å²) >= 11 is 1.45. The van der Waals surface area contributed by atoms with Crippen molar-refractivity contribution in [1.82, 2.24) is 4.98 Å². The highest BCUT2D eigenvalue weighted by atomic mass is 32.2. The molecule has 0 saturated carbocycles. The van der Waals surface area contributed by atoms with Crippen LogP contribution in [0.3, 0.4) is 0 Å². The van der Waals surface area contributed by atoms with Gasteiger partial charge in [-0.2, -0.15) is 0 Å². The first-order chi connectivity index (χ1) is 7.66. The van der Waals surface area contributed by atoms with Crippen molar-refractivity contribution in [2.45, 2.75) is 23.6 Å². The van der Waals surface area contributed by atoms with Crippen molar-refractivity contribution >= 4 is 28.7 Å². The summed E-state index contributed by atoms with van der Waals surface area (Å²) in [6.45, 7) is 1.87. The first-order valence-electron chi connectivity index (χ1n) is 4.87. The van der Waals surface area contributed by atoms with E-state index in [2.05, 4.69) is 4.98 Å². The zero-order valence-electron chi connectivity index (χ0n) is 8.71. The summed E-state index contributed by atoms with van der Waals surface area (Å²) in [5, 5.41) is 10.4. The summed E-state index contributed by atoms with van der Waals surface area (Å²) in [6.07, 6.45) is 3.40. The largest absolute Gasteiger partial charge is 0.481 e. The Hall–Kier alpha value is -1.49. The molecule has 1 unspecified atom stereocenters. The second-order valence-electron chi connectivity index (χ2n) is 3.47. The zero-order chi connectivity index (χ0) is 11.5. The topological polar surface area (TPSA) is 63.3 Å². The van der Waals surface area contributed by atoms with Crippen molar-refractivity contribution in [3.8, 4) is 0 Å². The van der Waals surface area contributed by atoms with Gasteiger partial charge in [0, 0.05) is 11.4 Å². The predicted octanol–water partition coefficient (Wildman–Crippen LogP) is 2.78. The molecule has 84 valence electrons. The SMILES string of the molecule is CC(CC(=O)O)Sc1nccc2occc12. The molecule has 0 aromatic carbocycles. The average molecular weight is 237 g/mol. The van der Waals surface area contributed by atoms with Crippen molar-refractivity contribution < 1.29 is 14.3 Å². The van der Waals surface area contributed by atoms with E-state index >= 15 is 0 Å². The molecule has 2 aromatic heterocycles. The quantitative estimate of drug-likeness (QED) is 0.828. The predicted molar refractivity (Wildman–Crippen MR) is 61.6 cm³/mol. The Morgan fingerprint density at radius 3 is 3.19 bits per heavy atom. The highest BCUT2D eigenvalue weighted by molar-refractivity contribution is 8.00. The van der Waals surface area contributed by atoms with Crippen molar-refractivity contribution in [2.75, 3.05) is 0 Å². The molecule has 2 rings (SSSR count). The van der Waals surface area contributed by atoms with Crippen LogP contribution in [0.25, 0.3) is 11.0 Å². The summed E-state index contributed by atoms with van der Waals surface area (Å²) in [5.41, 5.74) is 0.778. The Labute approximate surface area is 96.7 Å². The monoisotopic (exact) mass is 237 g/mol. The number of thioether (sulfide) groups is 1. The van der Waals surface area contributed by atoms with Crippen LogP contribution in [-0.2, 0) is 4.79 Å². The molecule has 2 aromatic rings. The molecular weight excluding hydrogens is 226 g/mol. The summed E-state index contributed by atoms with van der Waals surface area (Å²) in [6, 6.07) is 3.64. The lowest BCUT2D eigenvalue weighted by Crippen LogP contribution is -2.05. The maximum atomic E-state index is 10.6. The smallest absolute Gasteiger partial charge is 0.304 e. The molecule has 0 saturated heterocycles. The third kappa shape index (κ3) is 2.36. The van der Waals surface area contributed by atoms with Crippen LogP contribution in [0.2, 0.25) is 0 Å². The van der Waals surface area contributed by atoms with Gasteiger partial charge >= 0.3 is 5.97 Å². The Kier molecular flexibility index (Phi) is 3.14. The van der Waals surface area contributed by atoms with Crippen molar-refractivity contribution in [1.29, 1.82) is 0 Å². The van der Waals surface area contributed by atoms with Gasteiger partial charge in [0.25, 0.3) is 0 Å². The maximum Gasteiger partial charge on any atom is 0.304 e. The number of carboxylic acid groups (broad SMARTS) is 1. The molecule has 1 atom stereocenters. The fourth-order valence-electron chi connectivity index (χ4n) is 1.44. The number of rotatable bonds is 4. The molecule has 0 amide bonds. The van der Waals surface area contributed by atoms with Gasteiger partial charge in [0.2, 0.25) is 0 Å². The van der Waals surface area contributed by atoms with Crippen LogP contribution in [0, 0.1) is 0 Å². The van der Waals surface area contributed by atoms with E-state index in [4.69, 9.17) is 9.52 Å². The van der Waals surface area contributed by atoms with Gasteiger partial charge in [-0.25, -0.2) is 4.98 Å². The fraction of sp³-hybridized carbons (Fsp3) is 0.273. The van der Waals surface area contributed by atoms with Gasteiger partial charge in [0.1, 0.15) is 10.6 Å². The highest BCUT2D eigenvalue weighted by Crippen LogP contribution is 2.30. The minimum atomic E-state index is -0.792. The van der Waals surface area contributed by atoms with Gasteiger partial charge in [-0.1, -0.05) is 6.92 Å². The van der Waals surface area contributed by atoms with E-state index in [1.54, 1.807) is 18.5 Å². The molecule has 2 heterocycles. The summed E-state index contributed by atoms with van der Waals surface area (Å²) in [4.78, 5) is 14.8. The van der Waals surface area contributed by atoms with E-state index in [0.717, 1.165) is 16.0 Å². The number of pyridine rings is 1. The van der Waals surface area contributed by atoms with Crippen molar-refractivity contribution in [3.05, 3.63) is 24.6 Å². The lowest BCUT2D eigenvalue weighted by atomic mass is 10.3. The molecule has 0 aliphatic heterocycles. The fourth-order valence-corrected chi connectivity index (χ4v) is 2.47. The summed E-state index contributed by atoms with van der Waals surface area (Å²) in [7, 11) is 0. The molecule has 0 fully saturated rings. The van der Waals surface area contributed by atoms with Crippen molar-refractivity contribution in [3.63, 3.8) is 0 Å². The van der Waals surface area contributed by atoms with Crippen LogP contribution in [0.4, 0.5) is 0 Å². The molecule has 0 bridgehead atoms. The molecule has 1 N–H and O–H groups in total. The third-order valence-corrected chi connectivity index (χ3v) is 3.24. The Morgan fingerprint density at radius 2 is 2.44 bits per heavy atom. The van der Waals surface area contributed by atoms with Crippen LogP contribution in [-0.4, -0.2) is 21.3 Å². The number of aliphatic carboxylic acids is 1. The number of fused-ring (bicyclic) bond motifs is 1. The van der Waals surface area contributed by atoms with Gasteiger partial charge in [0.15, 0.2) is 0 Å². The summed E-state index contributed by atoms with van der Waals surface area (Å²) in [5.74, 6) is -0.792. The standard InChI is InChI=1S/C11H11NO3S/c1-7(6-10(13)14)16-11-8-3-5-15-9(8)2-4-12-11/h2-5,7H,6H2,1H3,(H,13,14). The second kappa shape index (κ2) is 4.57. The lowest BCUT2D eigenvalue weighted by molar-refractivity contribution is -0.136. The van der Waals surface area contributed by atoms with E-state index in [1.807, 2.05) is 13.0 Å². The highest BCUT2D eigenvalue weighted by Gasteiger charge is 2.12. The molecule has 5 heteroatoms. The number of hydrogen-bond donors (Lipinski definition) is 1. The first-order valence-corrected chi connectivity index (χ1v) is 5.75. The van der Waals surface area contributed by atoms with E-state index in [0.29, 0.717) is 0 Å². The maximum absolute atomic E-state index is 10.6. The summed E-state index contributed by atoms with van der Waals surface area (Å²) < 4.78 is 5.25. The number of carbonyl (C=O) groups is 1. The normalized spacial score (nSPS) is 12.8. The van der Waals surface area contributed by atoms with Crippen LogP contribution >= 0.6 is 11.8 Å². The molecule has 0 spiro atoms. The van der Waals surface area contributed by atoms with Gasteiger partial charge in [-0.15, -0.1) is 11.8 Å². The number of aromatic nitrogens is 1. The van der Waals surface area contributed by atoms with Gasteiger partial charge in [0.05, 0.1) is 18.1 Å². The average Bonchev–Trinajstić information content (AvgIpc) is 2.65. The number of carboxylic acids is 1. The first kappa shape index (κ1) is 11.0.